The second kappa shape index (κ2) is 8.68. The van der Waals surface area contributed by atoms with Crippen molar-refractivity contribution in [3.05, 3.63) is 29.5 Å². The first kappa shape index (κ1) is 20.9. The van der Waals surface area contributed by atoms with Crippen LogP contribution in [-0.2, 0) is 4.79 Å². The summed E-state index contributed by atoms with van der Waals surface area (Å²) in [6.07, 6.45) is 2.83. The largest absolute Gasteiger partial charge is 0.493 e. The monoisotopic (exact) mass is 399 g/mol. The van der Waals surface area contributed by atoms with Crippen LogP contribution in [0.2, 0.25) is 0 Å². The summed E-state index contributed by atoms with van der Waals surface area (Å²) in [6.45, 7) is 7.62. The minimum absolute atomic E-state index is 0.0238. The second-order valence-corrected chi connectivity index (χ2v) is 8.00. The summed E-state index contributed by atoms with van der Waals surface area (Å²) >= 11 is 0. The van der Waals surface area contributed by atoms with Gasteiger partial charge >= 0.3 is 5.97 Å². The van der Waals surface area contributed by atoms with Gasteiger partial charge in [-0.05, 0) is 44.2 Å². The van der Waals surface area contributed by atoms with Crippen molar-refractivity contribution in [2.75, 3.05) is 25.4 Å². The van der Waals surface area contributed by atoms with Crippen molar-refractivity contribution in [3.8, 4) is 5.75 Å². The molecule has 29 heavy (non-hydrogen) atoms. The maximum Gasteiger partial charge on any atom is 0.339 e. The minimum Gasteiger partial charge on any atom is -0.493 e. The number of amides is 1. The Hall–Kier alpha value is -2.83. The first-order valence-corrected chi connectivity index (χ1v) is 10.1. The van der Waals surface area contributed by atoms with Gasteiger partial charge in [0.1, 0.15) is 11.3 Å². The molecule has 1 saturated heterocycles. The number of anilines is 1. The van der Waals surface area contributed by atoms with E-state index in [9.17, 15) is 14.7 Å². The van der Waals surface area contributed by atoms with E-state index in [0.29, 0.717) is 34.9 Å². The lowest BCUT2D eigenvalue weighted by atomic mass is 9.93. The van der Waals surface area contributed by atoms with Crippen molar-refractivity contribution < 1.29 is 19.4 Å². The van der Waals surface area contributed by atoms with Crippen LogP contribution in [0.3, 0.4) is 0 Å². The molecule has 156 valence electrons. The van der Waals surface area contributed by atoms with E-state index in [1.54, 1.807) is 19.1 Å². The van der Waals surface area contributed by atoms with Gasteiger partial charge in [0, 0.05) is 19.0 Å². The zero-order valence-electron chi connectivity index (χ0n) is 17.3. The second-order valence-electron chi connectivity index (χ2n) is 8.00. The summed E-state index contributed by atoms with van der Waals surface area (Å²) in [5, 5.41) is 10.00. The third-order valence-corrected chi connectivity index (χ3v) is 5.61. The highest BCUT2D eigenvalue weighted by molar-refractivity contribution is 6.06. The summed E-state index contributed by atoms with van der Waals surface area (Å²) in [4.78, 5) is 30.0. The maximum atomic E-state index is 12.1. The van der Waals surface area contributed by atoms with E-state index in [1.807, 2.05) is 24.8 Å². The van der Waals surface area contributed by atoms with Gasteiger partial charge in [-0.3, -0.25) is 9.78 Å². The van der Waals surface area contributed by atoms with Crippen LogP contribution in [0, 0.1) is 18.8 Å². The third kappa shape index (κ3) is 4.44. The summed E-state index contributed by atoms with van der Waals surface area (Å²) < 4.78 is 6.00. The number of ether oxygens (including phenoxy) is 1. The van der Waals surface area contributed by atoms with Crippen molar-refractivity contribution >= 4 is 28.5 Å². The minimum atomic E-state index is -1.09. The Labute approximate surface area is 170 Å². The Bertz CT molecular complexity index is 918. The van der Waals surface area contributed by atoms with Crippen LogP contribution in [0.25, 0.3) is 10.9 Å². The number of aromatic carboxylic acids is 1. The predicted molar refractivity (Wildman–Crippen MR) is 112 cm³/mol. The van der Waals surface area contributed by atoms with Crippen molar-refractivity contribution in [1.29, 1.82) is 0 Å². The van der Waals surface area contributed by atoms with E-state index in [-0.39, 0.29) is 23.1 Å². The van der Waals surface area contributed by atoms with Gasteiger partial charge in [0.15, 0.2) is 0 Å². The van der Waals surface area contributed by atoms with Gasteiger partial charge in [-0.15, -0.1) is 0 Å². The molecule has 1 amide bonds. The number of nitrogens with two attached hydrogens (primary N) is 1. The lowest BCUT2D eigenvalue weighted by Gasteiger charge is -2.33. The van der Waals surface area contributed by atoms with Crippen molar-refractivity contribution in [3.63, 3.8) is 0 Å². The molecule has 0 unspecified atom stereocenters. The topological polar surface area (TPSA) is 106 Å². The van der Waals surface area contributed by atoms with E-state index < -0.39 is 5.97 Å². The molecule has 2 aromatic rings. The molecule has 1 aliphatic rings. The zero-order valence-corrected chi connectivity index (χ0v) is 17.3. The molecule has 0 radical (unpaired) electrons. The van der Waals surface area contributed by atoms with Crippen LogP contribution in [0.5, 0.6) is 5.75 Å². The number of carboxylic acids is 1. The number of nitrogen functional groups attached to an aromatic ring is 1. The highest BCUT2D eigenvalue weighted by Gasteiger charge is 2.24. The fraction of sp³-hybridized carbons (Fsp3) is 0.500. The Kier molecular flexibility index (Phi) is 6.25. The number of nitrogens with zero attached hydrogens (tertiary/aromatic N) is 2. The van der Waals surface area contributed by atoms with Crippen LogP contribution in [-0.4, -0.2) is 46.6 Å². The predicted octanol–water partition coefficient (Wildman–Crippen LogP) is 3.49. The van der Waals surface area contributed by atoms with Crippen LogP contribution in [0.4, 0.5) is 5.69 Å². The van der Waals surface area contributed by atoms with Gasteiger partial charge in [0.2, 0.25) is 5.91 Å². The maximum absolute atomic E-state index is 12.1. The molecule has 0 bridgehead atoms. The molecular weight excluding hydrogens is 370 g/mol. The zero-order chi connectivity index (χ0) is 21.1. The fourth-order valence-corrected chi connectivity index (χ4v) is 3.97. The molecule has 0 spiro atoms. The van der Waals surface area contributed by atoms with Gasteiger partial charge in [-0.25, -0.2) is 4.79 Å². The molecule has 0 saturated carbocycles. The fourth-order valence-electron chi connectivity index (χ4n) is 3.97. The number of aromatic nitrogens is 1. The number of likely N-dealkylation sites (tertiary alicyclic amines) is 1. The van der Waals surface area contributed by atoms with Gasteiger partial charge in [0.25, 0.3) is 0 Å². The van der Waals surface area contributed by atoms with Crippen molar-refractivity contribution in [2.24, 2.45) is 11.8 Å². The van der Waals surface area contributed by atoms with E-state index in [0.717, 1.165) is 32.4 Å². The SMILES string of the molecule is Cc1nc2cccc(OCCC3CCN(C(=O)C(C)C)CC3)c2c(N)c1C(=O)O. The number of hydrogen-bond acceptors (Lipinski definition) is 5. The summed E-state index contributed by atoms with van der Waals surface area (Å²) in [5.74, 6) is 0.241. The smallest absolute Gasteiger partial charge is 0.339 e. The quantitative estimate of drug-likeness (QED) is 0.770. The van der Waals surface area contributed by atoms with Crippen molar-refractivity contribution in [1.82, 2.24) is 9.88 Å². The molecule has 1 aromatic heterocycles. The molecule has 7 nitrogen and oxygen atoms in total. The lowest BCUT2D eigenvalue weighted by Crippen LogP contribution is -2.40. The number of carbonyl (C=O) groups excluding carboxylic acids is 1. The van der Waals surface area contributed by atoms with Crippen molar-refractivity contribution in [2.45, 2.75) is 40.0 Å². The number of aryl methyl sites for hydroxylation is 1. The Morgan fingerprint density at radius 2 is 2.00 bits per heavy atom. The number of benzene rings is 1. The Morgan fingerprint density at radius 1 is 1.31 bits per heavy atom. The molecule has 0 atom stereocenters. The highest BCUT2D eigenvalue weighted by Crippen LogP contribution is 2.34. The average molecular weight is 399 g/mol. The van der Waals surface area contributed by atoms with E-state index >= 15 is 0 Å². The number of rotatable bonds is 6. The molecule has 2 heterocycles. The van der Waals surface area contributed by atoms with Crippen LogP contribution >= 0.6 is 0 Å². The molecular formula is C22H29N3O4. The number of fused-ring (bicyclic) bond motifs is 1. The summed E-state index contributed by atoms with van der Waals surface area (Å²) in [7, 11) is 0. The first-order valence-electron chi connectivity index (χ1n) is 10.1. The molecule has 1 fully saturated rings. The third-order valence-electron chi connectivity index (χ3n) is 5.61. The van der Waals surface area contributed by atoms with Gasteiger partial charge in [0.05, 0.1) is 28.9 Å². The normalized spacial score (nSPS) is 15.1. The van der Waals surface area contributed by atoms with Gasteiger partial charge in [-0.1, -0.05) is 19.9 Å². The van der Waals surface area contributed by atoms with E-state index in [2.05, 4.69) is 4.98 Å². The Balaban J connectivity index is 1.65. The molecule has 7 heteroatoms. The number of carboxylic acid groups (broad SMARTS) is 1. The standard InChI is InChI=1S/C22H29N3O4/c1-13(2)21(26)25-10-7-15(8-11-25)9-12-29-17-6-4-5-16-19(17)20(23)18(22(27)28)14(3)24-16/h4-6,13,15H,7-12H2,1-3H3,(H2,23,24)(H,27,28). The highest BCUT2D eigenvalue weighted by atomic mass is 16.5. The van der Waals surface area contributed by atoms with E-state index in [1.165, 1.54) is 0 Å². The van der Waals surface area contributed by atoms with Crippen LogP contribution in [0.1, 0.15) is 49.2 Å². The Morgan fingerprint density at radius 3 is 2.62 bits per heavy atom. The van der Waals surface area contributed by atoms with Gasteiger partial charge in [-0.2, -0.15) is 0 Å². The summed E-state index contributed by atoms with van der Waals surface area (Å²) in [5.41, 5.74) is 7.40. The van der Waals surface area contributed by atoms with E-state index in [4.69, 9.17) is 10.5 Å². The average Bonchev–Trinajstić information content (AvgIpc) is 2.67. The molecule has 3 rings (SSSR count). The van der Waals surface area contributed by atoms with Gasteiger partial charge < -0.3 is 20.5 Å². The molecule has 3 N–H and O–H groups in total. The molecule has 0 aliphatic carbocycles. The number of carbonyl (C=O) groups is 2. The molecule has 1 aliphatic heterocycles. The summed E-state index contributed by atoms with van der Waals surface area (Å²) in [6, 6.07) is 5.43. The number of hydrogen-bond donors (Lipinski definition) is 2. The first-order chi connectivity index (χ1) is 13.8. The van der Waals surface area contributed by atoms with Crippen LogP contribution < -0.4 is 10.5 Å². The molecule has 1 aromatic carbocycles. The van der Waals surface area contributed by atoms with Crippen LogP contribution in [0.15, 0.2) is 18.2 Å². The number of piperidine rings is 1. The number of pyridine rings is 1. The lowest BCUT2D eigenvalue weighted by molar-refractivity contribution is -0.135.